The lowest BCUT2D eigenvalue weighted by molar-refractivity contribution is -0.126. The van der Waals surface area contributed by atoms with Crippen molar-refractivity contribution in [2.75, 3.05) is 18.4 Å². The van der Waals surface area contributed by atoms with Crippen molar-refractivity contribution < 1.29 is 9.53 Å². The molecule has 2 fully saturated rings. The van der Waals surface area contributed by atoms with E-state index in [4.69, 9.17) is 4.74 Å². The van der Waals surface area contributed by atoms with Gasteiger partial charge >= 0.3 is 0 Å². The van der Waals surface area contributed by atoms with Crippen LogP contribution in [-0.4, -0.2) is 41.0 Å². The standard InChI is InChI=1S/C14H22N4O2/c1-10-2-3-13(20-10)14(19)17-11-8-16-18(9-11)12-4-6-15-7-5-12/h8-10,12-13,15H,2-7H2,1H3,(H,17,19). The van der Waals surface area contributed by atoms with E-state index in [0.717, 1.165) is 44.5 Å². The molecule has 0 radical (unpaired) electrons. The molecule has 0 bridgehead atoms. The number of anilines is 1. The van der Waals surface area contributed by atoms with Crippen LogP contribution in [0.3, 0.4) is 0 Å². The molecule has 0 aliphatic carbocycles. The number of nitrogens with zero attached hydrogens (tertiary/aromatic N) is 2. The average molecular weight is 278 g/mol. The van der Waals surface area contributed by atoms with Gasteiger partial charge < -0.3 is 15.4 Å². The smallest absolute Gasteiger partial charge is 0.253 e. The van der Waals surface area contributed by atoms with Gasteiger partial charge in [0.2, 0.25) is 0 Å². The minimum Gasteiger partial charge on any atom is -0.365 e. The zero-order valence-electron chi connectivity index (χ0n) is 11.8. The SMILES string of the molecule is CC1CCC(C(=O)Nc2cnn(C3CCNCC3)c2)O1. The predicted octanol–water partition coefficient (Wildman–Crippen LogP) is 1.31. The highest BCUT2D eigenvalue weighted by Crippen LogP contribution is 2.22. The highest BCUT2D eigenvalue weighted by molar-refractivity contribution is 5.94. The van der Waals surface area contributed by atoms with Crippen molar-refractivity contribution in [3.05, 3.63) is 12.4 Å². The van der Waals surface area contributed by atoms with Crippen LogP contribution in [0.25, 0.3) is 0 Å². The Kier molecular flexibility index (Phi) is 4.03. The molecule has 110 valence electrons. The van der Waals surface area contributed by atoms with Crippen molar-refractivity contribution in [2.24, 2.45) is 0 Å². The molecule has 1 aromatic rings. The number of rotatable bonds is 3. The molecule has 3 heterocycles. The van der Waals surface area contributed by atoms with Crippen molar-refractivity contribution >= 4 is 11.6 Å². The molecule has 3 rings (SSSR count). The van der Waals surface area contributed by atoms with E-state index in [-0.39, 0.29) is 18.1 Å². The van der Waals surface area contributed by atoms with Crippen molar-refractivity contribution in [2.45, 2.75) is 50.9 Å². The summed E-state index contributed by atoms with van der Waals surface area (Å²) < 4.78 is 7.54. The van der Waals surface area contributed by atoms with Crippen molar-refractivity contribution in [3.8, 4) is 0 Å². The number of amides is 1. The number of carbonyl (C=O) groups is 1. The highest BCUT2D eigenvalue weighted by Gasteiger charge is 2.28. The monoisotopic (exact) mass is 278 g/mol. The van der Waals surface area contributed by atoms with Crippen molar-refractivity contribution in [3.63, 3.8) is 0 Å². The summed E-state index contributed by atoms with van der Waals surface area (Å²) in [6, 6.07) is 0.435. The zero-order chi connectivity index (χ0) is 13.9. The van der Waals surface area contributed by atoms with Crippen LogP contribution in [0, 0.1) is 0 Å². The molecule has 20 heavy (non-hydrogen) atoms. The summed E-state index contributed by atoms with van der Waals surface area (Å²) in [5.41, 5.74) is 0.761. The van der Waals surface area contributed by atoms with Gasteiger partial charge in [0.25, 0.3) is 5.91 Å². The minimum atomic E-state index is -0.313. The quantitative estimate of drug-likeness (QED) is 0.875. The summed E-state index contributed by atoms with van der Waals surface area (Å²) in [6.07, 6.45) is 7.43. The summed E-state index contributed by atoms with van der Waals surface area (Å²) in [5, 5.41) is 10.6. The van der Waals surface area contributed by atoms with Crippen LogP contribution < -0.4 is 10.6 Å². The summed E-state index contributed by atoms with van der Waals surface area (Å²) in [4.78, 5) is 12.1. The molecule has 0 saturated carbocycles. The number of nitrogens with one attached hydrogen (secondary N) is 2. The molecule has 0 spiro atoms. The molecule has 2 aliphatic heterocycles. The molecule has 2 aliphatic rings. The Morgan fingerprint density at radius 2 is 2.20 bits per heavy atom. The summed E-state index contributed by atoms with van der Waals surface area (Å²) >= 11 is 0. The van der Waals surface area contributed by atoms with Gasteiger partial charge in [0.05, 0.1) is 24.0 Å². The van der Waals surface area contributed by atoms with Gasteiger partial charge in [-0.15, -0.1) is 0 Å². The fraction of sp³-hybridized carbons (Fsp3) is 0.714. The second-order valence-electron chi connectivity index (χ2n) is 5.69. The van der Waals surface area contributed by atoms with Crippen LogP contribution >= 0.6 is 0 Å². The summed E-state index contributed by atoms with van der Waals surface area (Å²) in [6.45, 7) is 4.06. The zero-order valence-corrected chi connectivity index (χ0v) is 11.8. The minimum absolute atomic E-state index is 0.0563. The van der Waals surface area contributed by atoms with Crippen LogP contribution in [0.15, 0.2) is 12.4 Å². The third-order valence-corrected chi connectivity index (χ3v) is 4.08. The van der Waals surface area contributed by atoms with Gasteiger partial charge in [-0.25, -0.2) is 0 Å². The number of carbonyl (C=O) groups excluding carboxylic acids is 1. The maximum Gasteiger partial charge on any atom is 0.253 e. The number of ether oxygens (including phenoxy) is 1. The topological polar surface area (TPSA) is 68.2 Å². The van der Waals surface area contributed by atoms with E-state index in [2.05, 4.69) is 15.7 Å². The molecule has 6 heteroatoms. The third-order valence-electron chi connectivity index (χ3n) is 4.08. The van der Waals surface area contributed by atoms with Crippen LogP contribution in [0.1, 0.15) is 38.6 Å². The van der Waals surface area contributed by atoms with E-state index in [9.17, 15) is 4.79 Å². The van der Waals surface area contributed by atoms with Crippen LogP contribution in [0.2, 0.25) is 0 Å². The molecular weight excluding hydrogens is 256 g/mol. The second kappa shape index (κ2) is 5.93. The lowest BCUT2D eigenvalue weighted by Crippen LogP contribution is -2.29. The largest absolute Gasteiger partial charge is 0.365 e. The second-order valence-corrected chi connectivity index (χ2v) is 5.69. The first kappa shape index (κ1) is 13.6. The Labute approximate surface area is 118 Å². The van der Waals surface area contributed by atoms with E-state index < -0.39 is 0 Å². The van der Waals surface area contributed by atoms with Gasteiger partial charge in [-0.05, 0) is 45.7 Å². The maximum atomic E-state index is 12.1. The van der Waals surface area contributed by atoms with E-state index in [1.54, 1.807) is 6.20 Å². The molecule has 0 aromatic carbocycles. The lowest BCUT2D eigenvalue weighted by Gasteiger charge is -2.22. The average Bonchev–Trinajstić information content (AvgIpc) is 3.09. The molecule has 2 atom stereocenters. The Morgan fingerprint density at radius 1 is 1.40 bits per heavy atom. The normalized spacial score (nSPS) is 27.6. The third kappa shape index (κ3) is 3.02. The first-order chi connectivity index (χ1) is 9.72. The number of aromatic nitrogens is 2. The van der Waals surface area contributed by atoms with Crippen molar-refractivity contribution in [1.82, 2.24) is 15.1 Å². The van der Waals surface area contributed by atoms with Gasteiger partial charge in [-0.2, -0.15) is 5.10 Å². The van der Waals surface area contributed by atoms with E-state index in [1.807, 2.05) is 17.8 Å². The molecule has 1 amide bonds. The van der Waals surface area contributed by atoms with Gasteiger partial charge in [-0.3, -0.25) is 9.48 Å². The van der Waals surface area contributed by atoms with E-state index >= 15 is 0 Å². The summed E-state index contributed by atoms with van der Waals surface area (Å²) in [7, 11) is 0. The Hall–Kier alpha value is -1.40. The van der Waals surface area contributed by atoms with Gasteiger partial charge in [0.1, 0.15) is 6.10 Å². The fourth-order valence-corrected chi connectivity index (χ4v) is 2.89. The van der Waals surface area contributed by atoms with Gasteiger partial charge in [0.15, 0.2) is 0 Å². The highest BCUT2D eigenvalue weighted by atomic mass is 16.5. The van der Waals surface area contributed by atoms with Crippen molar-refractivity contribution in [1.29, 1.82) is 0 Å². The van der Waals surface area contributed by atoms with Gasteiger partial charge in [-0.1, -0.05) is 0 Å². The first-order valence-corrected chi connectivity index (χ1v) is 7.43. The Bertz CT molecular complexity index is 467. The van der Waals surface area contributed by atoms with Crippen LogP contribution in [-0.2, 0) is 9.53 Å². The number of piperidine rings is 1. The summed E-state index contributed by atoms with van der Waals surface area (Å²) in [5.74, 6) is -0.0563. The maximum absolute atomic E-state index is 12.1. The van der Waals surface area contributed by atoms with Gasteiger partial charge in [0, 0.05) is 6.20 Å². The number of hydrogen-bond donors (Lipinski definition) is 2. The molecule has 2 saturated heterocycles. The Balaban J connectivity index is 1.58. The fourth-order valence-electron chi connectivity index (χ4n) is 2.89. The first-order valence-electron chi connectivity index (χ1n) is 7.43. The predicted molar refractivity (Wildman–Crippen MR) is 75.6 cm³/mol. The molecule has 2 unspecified atom stereocenters. The molecule has 1 aromatic heterocycles. The van der Waals surface area contributed by atoms with E-state index in [0.29, 0.717) is 6.04 Å². The van der Waals surface area contributed by atoms with Crippen LogP contribution in [0.4, 0.5) is 5.69 Å². The molecular formula is C14H22N4O2. The van der Waals surface area contributed by atoms with E-state index in [1.165, 1.54) is 0 Å². The molecule has 6 nitrogen and oxygen atoms in total. The lowest BCUT2D eigenvalue weighted by atomic mass is 10.1. The Morgan fingerprint density at radius 3 is 2.90 bits per heavy atom. The molecule has 2 N–H and O–H groups in total. The number of hydrogen-bond acceptors (Lipinski definition) is 4. The van der Waals surface area contributed by atoms with Crippen LogP contribution in [0.5, 0.6) is 0 Å².